The summed E-state index contributed by atoms with van der Waals surface area (Å²) in [6, 6.07) is -1.37. The van der Waals surface area contributed by atoms with E-state index in [1.54, 1.807) is 0 Å². The summed E-state index contributed by atoms with van der Waals surface area (Å²) in [5, 5.41) is 3.26. The normalized spacial score (nSPS) is 28.6. The number of hydrogen-bond donors (Lipinski definition) is 1. The van der Waals surface area contributed by atoms with Gasteiger partial charge in [-0.15, -0.1) is 0 Å². The van der Waals surface area contributed by atoms with E-state index in [2.05, 4.69) is 22.1 Å². The summed E-state index contributed by atoms with van der Waals surface area (Å²) < 4.78 is 38.3. The van der Waals surface area contributed by atoms with Gasteiger partial charge >= 0.3 is 6.18 Å². The van der Waals surface area contributed by atoms with Crippen LogP contribution < -0.4 is 5.32 Å². The van der Waals surface area contributed by atoms with E-state index in [0.29, 0.717) is 32.1 Å². The standard InChI is InChI=1S/C15H27F3N4/c1-4-19-14(20-10-13-9-11(13)2)22-7-5-21(6-8-22)12(3)15(16,17)18/h11-13H,4-10H2,1-3H3,(H,19,20). The summed E-state index contributed by atoms with van der Waals surface area (Å²) >= 11 is 0. The van der Waals surface area contributed by atoms with Gasteiger partial charge in [0, 0.05) is 39.3 Å². The topological polar surface area (TPSA) is 30.9 Å². The highest BCUT2D eigenvalue weighted by molar-refractivity contribution is 5.80. The van der Waals surface area contributed by atoms with Crippen molar-refractivity contribution in [3.05, 3.63) is 0 Å². The summed E-state index contributed by atoms with van der Waals surface area (Å²) in [5.41, 5.74) is 0. The Morgan fingerprint density at radius 1 is 1.27 bits per heavy atom. The first-order valence-electron chi connectivity index (χ1n) is 8.17. The minimum Gasteiger partial charge on any atom is -0.357 e. The van der Waals surface area contributed by atoms with Crippen LogP contribution in [0.4, 0.5) is 13.2 Å². The van der Waals surface area contributed by atoms with Crippen LogP contribution in [0.15, 0.2) is 4.99 Å². The molecule has 1 heterocycles. The number of nitrogens with zero attached hydrogens (tertiary/aromatic N) is 3. The number of piperazine rings is 1. The molecule has 1 saturated carbocycles. The van der Waals surface area contributed by atoms with Gasteiger partial charge in [0.15, 0.2) is 5.96 Å². The van der Waals surface area contributed by atoms with E-state index in [-0.39, 0.29) is 0 Å². The van der Waals surface area contributed by atoms with Gasteiger partial charge in [0.25, 0.3) is 0 Å². The number of alkyl halides is 3. The second kappa shape index (κ2) is 7.06. The lowest BCUT2D eigenvalue weighted by Gasteiger charge is -2.39. The van der Waals surface area contributed by atoms with Crippen LogP contribution >= 0.6 is 0 Å². The lowest BCUT2D eigenvalue weighted by molar-refractivity contribution is -0.181. The van der Waals surface area contributed by atoms with E-state index in [1.807, 2.05) is 6.92 Å². The molecule has 1 N–H and O–H groups in total. The fourth-order valence-electron chi connectivity index (χ4n) is 2.81. The largest absolute Gasteiger partial charge is 0.403 e. The molecule has 1 aliphatic heterocycles. The molecule has 2 rings (SSSR count). The second-order valence-electron chi connectivity index (χ2n) is 6.41. The zero-order valence-electron chi connectivity index (χ0n) is 13.7. The predicted molar refractivity (Wildman–Crippen MR) is 81.9 cm³/mol. The summed E-state index contributed by atoms with van der Waals surface area (Å²) in [5.74, 6) is 2.29. The Morgan fingerprint density at radius 2 is 1.86 bits per heavy atom. The predicted octanol–water partition coefficient (Wildman–Crippen LogP) is 2.18. The SMILES string of the molecule is CCNC(=NCC1CC1C)N1CCN(C(C)C(F)(F)F)CC1. The number of rotatable bonds is 4. The Labute approximate surface area is 130 Å². The van der Waals surface area contributed by atoms with Gasteiger partial charge in [-0.05, 0) is 32.1 Å². The van der Waals surface area contributed by atoms with Gasteiger partial charge in [-0.25, -0.2) is 0 Å². The quantitative estimate of drug-likeness (QED) is 0.636. The molecule has 0 aromatic carbocycles. The number of aliphatic imine (C=N–C) groups is 1. The van der Waals surface area contributed by atoms with Gasteiger partial charge < -0.3 is 10.2 Å². The molecule has 3 unspecified atom stereocenters. The molecule has 4 nitrogen and oxygen atoms in total. The summed E-state index contributed by atoms with van der Waals surface area (Å²) in [4.78, 5) is 8.24. The molecule has 128 valence electrons. The molecule has 0 aromatic rings. The lowest BCUT2D eigenvalue weighted by Crippen LogP contribution is -2.56. The van der Waals surface area contributed by atoms with Crippen molar-refractivity contribution in [1.82, 2.24) is 15.1 Å². The Hall–Kier alpha value is -0.980. The molecule has 22 heavy (non-hydrogen) atoms. The van der Waals surface area contributed by atoms with Crippen molar-refractivity contribution in [1.29, 1.82) is 0 Å². The molecule has 0 spiro atoms. The highest BCUT2D eigenvalue weighted by Crippen LogP contribution is 2.37. The zero-order chi connectivity index (χ0) is 16.3. The highest BCUT2D eigenvalue weighted by atomic mass is 19.4. The van der Waals surface area contributed by atoms with Crippen molar-refractivity contribution >= 4 is 5.96 Å². The molecule has 3 atom stereocenters. The summed E-state index contributed by atoms with van der Waals surface area (Å²) in [6.45, 7) is 9.10. The number of halogens is 3. The zero-order valence-corrected chi connectivity index (χ0v) is 13.7. The van der Waals surface area contributed by atoms with Gasteiger partial charge in [0.05, 0.1) is 0 Å². The van der Waals surface area contributed by atoms with Gasteiger partial charge in [0.1, 0.15) is 6.04 Å². The first-order valence-corrected chi connectivity index (χ1v) is 8.17. The van der Waals surface area contributed by atoms with Crippen molar-refractivity contribution in [3.63, 3.8) is 0 Å². The molecule has 0 amide bonds. The van der Waals surface area contributed by atoms with E-state index in [1.165, 1.54) is 18.2 Å². The van der Waals surface area contributed by atoms with E-state index >= 15 is 0 Å². The first-order chi connectivity index (χ1) is 10.3. The van der Waals surface area contributed by atoms with E-state index in [9.17, 15) is 13.2 Å². The third kappa shape index (κ3) is 4.51. The number of guanidine groups is 1. The smallest absolute Gasteiger partial charge is 0.357 e. The average molecular weight is 320 g/mol. The Bertz CT molecular complexity index is 389. The fourth-order valence-corrected chi connectivity index (χ4v) is 2.81. The summed E-state index contributed by atoms with van der Waals surface area (Å²) in [6.07, 6.45) is -2.91. The average Bonchev–Trinajstić information content (AvgIpc) is 3.17. The molecule has 1 saturated heterocycles. The summed E-state index contributed by atoms with van der Waals surface area (Å²) in [7, 11) is 0. The number of nitrogens with one attached hydrogen (secondary N) is 1. The molecule has 2 aliphatic rings. The molecular weight excluding hydrogens is 293 g/mol. The Morgan fingerprint density at radius 3 is 2.32 bits per heavy atom. The van der Waals surface area contributed by atoms with Crippen molar-refractivity contribution in [2.24, 2.45) is 16.8 Å². The molecule has 0 radical (unpaired) electrons. The second-order valence-corrected chi connectivity index (χ2v) is 6.41. The molecule has 7 heteroatoms. The molecule has 0 aromatic heterocycles. The monoisotopic (exact) mass is 320 g/mol. The van der Waals surface area contributed by atoms with Crippen molar-refractivity contribution in [2.75, 3.05) is 39.3 Å². The molecule has 2 fully saturated rings. The van der Waals surface area contributed by atoms with Gasteiger partial charge in [-0.1, -0.05) is 6.92 Å². The van der Waals surface area contributed by atoms with Gasteiger partial charge in [-0.2, -0.15) is 13.2 Å². The molecular formula is C15H27F3N4. The first kappa shape index (κ1) is 17.4. The van der Waals surface area contributed by atoms with Crippen LogP contribution in [0.2, 0.25) is 0 Å². The van der Waals surface area contributed by atoms with Crippen molar-refractivity contribution < 1.29 is 13.2 Å². The van der Waals surface area contributed by atoms with Crippen LogP contribution in [-0.2, 0) is 0 Å². The number of hydrogen-bond acceptors (Lipinski definition) is 2. The van der Waals surface area contributed by atoms with E-state index in [4.69, 9.17) is 0 Å². The van der Waals surface area contributed by atoms with Crippen LogP contribution in [0.25, 0.3) is 0 Å². The van der Waals surface area contributed by atoms with Gasteiger partial charge in [-0.3, -0.25) is 9.89 Å². The van der Waals surface area contributed by atoms with Crippen LogP contribution in [0.1, 0.15) is 27.2 Å². The van der Waals surface area contributed by atoms with Crippen LogP contribution in [0.5, 0.6) is 0 Å². The minimum atomic E-state index is -4.15. The third-order valence-electron chi connectivity index (χ3n) is 4.72. The fraction of sp³-hybridized carbons (Fsp3) is 0.933. The Balaban J connectivity index is 1.87. The molecule has 0 bridgehead atoms. The van der Waals surface area contributed by atoms with Crippen LogP contribution in [0.3, 0.4) is 0 Å². The maximum atomic E-state index is 12.8. The van der Waals surface area contributed by atoms with Crippen LogP contribution in [0, 0.1) is 11.8 Å². The maximum absolute atomic E-state index is 12.8. The van der Waals surface area contributed by atoms with E-state index < -0.39 is 12.2 Å². The minimum absolute atomic E-state index is 0.422. The van der Waals surface area contributed by atoms with Crippen molar-refractivity contribution in [3.8, 4) is 0 Å². The maximum Gasteiger partial charge on any atom is 0.403 e. The lowest BCUT2D eigenvalue weighted by atomic mass is 10.2. The van der Waals surface area contributed by atoms with Gasteiger partial charge in [0.2, 0.25) is 0 Å². The third-order valence-corrected chi connectivity index (χ3v) is 4.72. The van der Waals surface area contributed by atoms with Crippen LogP contribution in [-0.4, -0.2) is 67.2 Å². The Kier molecular flexibility index (Phi) is 5.58. The highest BCUT2D eigenvalue weighted by Gasteiger charge is 2.41. The molecule has 1 aliphatic carbocycles. The van der Waals surface area contributed by atoms with E-state index in [0.717, 1.165) is 25.0 Å². The van der Waals surface area contributed by atoms with Crippen molar-refractivity contribution in [2.45, 2.75) is 39.4 Å².